The molecule has 70 valence electrons. The van der Waals surface area contributed by atoms with Gasteiger partial charge in [0, 0.05) is 13.1 Å². The summed E-state index contributed by atoms with van der Waals surface area (Å²) >= 11 is 0. The number of nitrogens with zero attached hydrogens (tertiary/aromatic N) is 2. The molecule has 0 atom stereocenters. The van der Waals surface area contributed by atoms with Gasteiger partial charge in [-0.05, 0) is 0 Å². The first kappa shape index (κ1) is 9.31. The zero-order chi connectivity index (χ0) is 9.84. The van der Waals surface area contributed by atoms with Crippen LogP contribution in [0.5, 0.6) is 5.88 Å². The van der Waals surface area contributed by atoms with Gasteiger partial charge in [-0.15, -0.1) is 0 Å². The number of hydrogen-bond acceptors (Lipinski definition) is 3. The summed E-state index contributed by atoms with van der Waals surface area (Å²) in [5.41, 5.74) is -0.0263. The lowest BCUT2D eigenvalue weighted by Crippen LogP contribution is -2.01. The van der Waals surface area contributed by atoms with Crippen molar-refractivity contribution in [2.45, 2.75) is 0 Å². The van der Waals surface area contributed by atoms with Crippen molar-refractivity contribution >= 4 is 5.97 Å². The van der Waals surface area contributed by atoms with E-state index in [0.717, 1.165) is 0 Å². The van der Waals surface area contributed by atoms with Crippen molar-refractivity contribution in [3.8, 4) is 5.88 Å². The average molecular weight is 182 g/mol. The molecule has 1 N–H and O–H groups in total. The maximum absolute atomic E-state index is 10.5. The van der Waals surface area contributed by atoms with Gasteiger partial charge in [0.15, 0.2) is 5.69 Å². The van der Waals surface area contributed by atoms with Crippen molar-refractivity contribution in [3.05, 3.63) is 24.4 Å². The molecule has 0 aliphatic heterocycles. The van der Waals surface area contributed by atoms with Crippen LogP contribution in [0.15, 0.2) is 18.7 Å². The molecule has 1 aromatic heterocycles. The molecule has 0 unspecified atom stereocenters. The summed E-state index contributed by atoms with van der Waals surface area (Å²) in [5, 5.41) is 12.3. The summed E-state index contributed by atoms with van der Waals surface area (Å²) < 4.78 is 6.50. The van der Waals surface area contributed by atoms with Crippen LogP contribution in [0.25, 0.3) is 0 Å². The summed E-state index contributed by atoms with van der Waals surface area (Å²) in [6.07, 6.45) is 1.58. The van der Waals surface area contributed by atoms with E-state index in [1.807, 2.05) is 0 Å². The standard InChI is InChI=1S/C8H10N2O3/c1-3-4-13-7-5-6(8(11)12)9-10(7)2/h3,5H,1,4H2,2H3,(H,11,12). The van der Waals surface area contributed by atoms with Gasteiger partial charge in [-0.3, -0.25) is 0 Å². The maximum Gasteiger partial charge on any atom is 0.356 e. The molecule has 0 radical (unpaired) electrons. The third-order valence-electron chi connectivity index (χ3n) is 1.41. The number of hydrogen-bond donors (Lipinski definition) is 1. The molecule has 5 heteroatoms. The van der Waals surface area contributed by atoms with Crippen molar-refractivity contribution in [1.29, 1.82) is 0 Å². The minimum atomic E-state index is -1.07. The largest absolute Gasteiger partial charge is 0.476 e. The molecule has 0 bridgehead atoms. The van der Waals surface area contributed by atoms with Gasteiger partial charge in [-0.25, -0.2) is 9.48 Å². The highest BCUT2D eigenvalue weighted by molar-refractivity contribution is 5.85. The van der Waals surface area contributed by atoms with Crippen LogP contribution in [-0.2, 0) is 7.05 Å². The maximum atomic E-state index is 10.5. The Morgan fingerprint density at radius 2 is 2.62 bits per heavy atom. The van der Waals surface area contributed by atoms with E-state index in [-0.39, 0.29) is 5.69 Å². The topological polar surface area (TPSA) is 64.3 Å². The van der Waals surface area contributed by atoms with Gasteiger partial charge < -0.3 is 9.84 Å². The van der Waals surface area contributed by atoms with Crippen LogP contribution in [0.2, 0.25) is 0 Å². The number of rotatable bonds is 4. The monoisotopic (exact) mass is 182 g/mol. The smallest absolute Gasteiger partial charge is 0.356 e. The van der Waals surface area contributed by atoms with E-state index in [1.54, 1.807) is 13.1 Å². The molecule has 0 saturated heterocycles. The van der Waals surface area contributed by atoms with E-state index in [1.165, 1.54) is 10.7 Å². The summed E-state index contributed by atoms with van der Waals surface area (Å²) in [4.78, 5) is 10.5. The molecule has 0 spiro atoms. The third kappa shape index (κ3) is 2.08. The second-order valence-corrected chi connectivity index (χ2v) is 2.40. The summed E-state index contributed by atoms with van der Waals surface area (Å²) in [7, 11) is 1.62. The summed E-state index contributed by atoms with van der Waals surface area (Å²) in [6, 6.07) is 1.37. The fourth-order valence-corrected chi connectivity index (χ4v) is 0.834. The molecule has 1 aromatic rings. The highest BCUT2D eigenvalue weighted by atomic mass is 16.5. The number of aromatic nitrogens is 2. The third-order valence-corrected chi connectivity index (χ3v) is 1.41. The Labute approximate surface area is 75.2 Å². The van der Waals surface area contributed by atoms with Gasteiger partial charge in [0.1, 0.15) is 6.61 Å². The molecule has 0 aliphatic carbocycles. The molecular weight excluding hydrogens is 172 g/mol. The normalized spacial score (nSPS) is 9.62. The Bertz CT molecular complexity index is 330. The minimum Gasteiger partial charge on any atom is -0.476 e. The SMILES string of the molecule is C=CCOc1cc(C(=O)O)nn1C. The van der Waals surface area contributed by atoms with E-state index in [4.69, 9.17) is 9.84 Å². The van der Waals surface area contributed by atoms with E-state index in [9.17, 15) is 4.79 Å². The summed E-state index contributed by atoms with van der Waals surface area (Å²) in [6.45, 7) is 3.81. The molecular formula is C8H10N2O3. The zero-order valence-corrected chi connectivity index (χ0v) is 7.23. The second kappa shape index (κ2) is 3.75. The van der Waals surface area contributed by atoms with Crippen molar-refractivity contribution in [2.24, 2.45) is 7.05 Å². The van der Waals surface area contributed by atoms with Crippen LogP contribution in [0.4, 0.5) is 0 Å². The van der Waals surface area contributed by atoms with Gasteiger partial charge in [-0.2, -0.15) is 5.10 Å². The van der Waals surface area contributed by atoms with Crippen LogP contribution >= 0.6 is 0 Å². The molecule has 0 amide bonds. The molecule has 1 heterocycles. The Morgan fingerprint density at radius 1 is 1.92 bits per heavy atom. The van der Waals surface area contributed by atoms with Gasteiger partial charge in [0.25, 0.3) is 0 Å². The predicted octanol–water partition coefficient (Wildman–Crippen LogP) is 0.683. The van der Waals surface area contributed by atoms with Crippen molar-refractivity contribution in [2.75, 3.05) is 6.61 Å². The molecule has 0 fully saturated rings. The fourth-order valence-electron chi connectivity index (χ4n) is 0.834. The Balaban J connectivity index is 2.83. The van der Waals surface area contributed by atoms with Crippen LogP contribution in [-0.4, -0.2) is 27.5 Å². The Hall–Kier alpha value is -1.78. The van der Waals surface area contributed by atoms with E-state index < -0.39 is 5.97 Å². The highest BCUT2D eigenvalue weighted by Crippen LogP contribution is 2.11. The predicted molar refractivity (Wildman–Crippen MR) is 45.9 cm³/mol. The van der Waals surface area contributed by atoms with Crippen LogP contribution < -0.4 is 4.74 Å². The van der Waals surface area contributed by atoms with Gasteiger partial charge >= 0.3 is 5.97 Å². The van der Waals surface area contributed by atoms with Crippen LogP contribution in [0, 0.1) is 0 Å². The highest BCUT2D eigenvalue weighted by Gasteiger charge is 2.11. The Morgan fingerprint density at radius 3 is 3.08 bits per heavy atom. The lowest BCUT2D eigenvalue weighted by Gasteiger charge is -2.00. The van der Waals surface area contributed by atoms with Crippen LogP contribution in [0.1, 0.15) is 10.5 Å². The second-order valence-electron chi connectivity index (χ2n) is 2.40. The van der Waals surface area contributed by atoms with E-state index in [2.05, 4.69) is 11.7 Å². The lowest BCUT2D eigenvalue weighted by atomic mass is 10.4. The number of aryl methyl sites for hydroxylation is 1. The van der Waals surface area contributed by atoms with Gasteiger partial charge in [-0.1, -0.05) is 12.7 Å². The Kier molecular flexibility index (Phi) is 2.69. The van der Waals surface area contributed by atoms with Gasteiger partial charge in [0.05, 0.1) is 0 Å². The van der Waals surface area contributed by atoms with E-state index >= 15 is 0 Å². The van der Waals surface area contributed by atoms with Crippen LogP contribution in [0.3, 0.4) is 0 Å². The van der Waals surface area contributed by atoms with E-state index in [0.29, 0.717) is 12.5 Å². The van der Waals surface area contributed by atoms with Crippen molar-refractivity contribution in [3.63, 3.8) is 0 Å². The molecule has 0 aromatic carbocycles. The molecule has 5 nitrogen and oxygen atoms in total. The van der Waals surface area contributed by atoms with Crippen molar-refractivity contribution in [1.82, 2.24) is 9.78 Å². The quantitative estimate of drug-likeness (QED) is 0.695. The number of carboxylic acid groups (broad SMARTS) is 1. The van der Waals surface area contributed by atoms with Gasteiger partial charge in [0.2, 0.25) is 5.88 Å². The number of aromatic carboxylic acids is 1. The molecule has 0 aliphatic rings. The molecule has 0 saturated carbocycles. The lowest BCUT2D eigenvalue weighted by molar-refractivity contribution is 0.0689. The number of ether oxygens (including phenoxy) is 1. The first-order chi connectivity index (χ1) is 6.15. The number of carboxylic acids is 1. The summed E-state index contributed by atoms with van der Waals surface area (Å²) in [5.74, 6) is -0.652. The minimum absolute atomic E-state index is 0.0263. The molecule has 13 heavy (non-hydrogen) atoms. The number of carbonyl (C=O) groups is 1. The fraction of sp³-hybridized carbons (Fsp3) is 0.250. The first-order valence-corrected chi connectivity index (χ1v) is 3.66. The zero-order valence-electron chi connectivity index (χ0n) is 7.23. The van der Waals surface area contributed by atoms with Crippen molar-refractivity contribution < 1.29 is 14.6 Å². The average Bonchev–Trinajstić information content (AvgIpc) is 2.44. The first-order valence-electron chi connectivity index (χ1n) is 3.66. The molecule has 1 rings (SSSR count).